The lowest BCUT2D eigenvalue weighted by Crippen LogP contribution is -2.43. The number of anilines is 1. The highest BCUT2D eigenvalue weighted by Gasteiger charge is 2.39. The number of esters is 1. The van der Waals surface area contributed by atoms with Gasteiger partial charge in [0, 0.05) is 17.3 Å². The number of amides is 1. The molecule has 0 bridgehead atoms. The summed E-state index contributed by atoms with van der Waals surface area (Å²) in [5.74, 6) is -0.960. The molecule has 154 valence electrons. The van der Waals surface area contributed by atoms with Crippen molar-refractivity contribution in [2.45, 2.75) is 30.7 Å². The molecule has 0 saturated carbocycles. The minimum Gasteiger partial charge on any atom is -0.465 e. The van der Waals surface area contributed by atoms with Gasteiger partial charge in [0.15, 0.2) is 0 Å². The van der Waals surface area contributed by atoms with E-state index in [0.717, 1.165) is 5.56 Å². The summed E-state index contributed by atoms with van der Waals surface area (Å²) in [5.41, 5.74) is 1.48. The molecule has 0 radical (unpaired) electrons. The van der Waals surface area contributed by atoms with Crippen LogP contribution in [0.3, 0.4) is 0 Å². The summed E-state index contributed by atoms with van der Waals surface area (Å²) in [5, 5.41) is 3.19. The zero-order valence-electron chi connectivity index (χ0n) is 16.0. The van der Waals surface area contributed by atoms with E-state index < -0.39 is 27.9 Å². The van der Waals surface area contributed by atoms with Crippen molar-refractivity contribution in [2.75, 3.05) is 19.0 Å². The second kappa shape index (κ2) is 8.52. The number of methoxy groups -OCH3 is 1. The summed E-state index contributed by atoms with van der Waals surface area (Å²) in [7, 11) is -2.56. The van der Waals surface area contributed by atoms with Gasteiger partial charge in [-0.05, 0) is 61.7 Å². The average Bonchev–Trinajstić information content (AvgIpc) is 3.20. The van der Waals surface area contributed by atoms with E-state index >= 15 is 0 Å². The van der Waals surface area contributed by atoms with Crippen molar-refractivity contribution in [3.05, 3.63) is 58.6 Å². The lowest BCUT2D eigenvalue weighted by Gasteiger charge is -2.24. The van der Waals surface area contributed by atoms with Crippen LogP contribution in [-0.4, -0.2) is 44.3 Å². The minimum atomic E-state index is -3.84. The molecule has 9 heteroatoms. The fraction of sp³-hybridized carbons (Fsp3) is 0.300. The maximum absolute atomic E-state index is 13.0. The third-order valence-electron chi connectivity index (χ3n) is 4.84. The number of rotatable bonds is 5. The second-order valence-electron chi connectivity index (χ2n) is 6.74. The number of sulfonamides is 1. The van der Waals surface area contributed by atoms with E-state index in [1.54, 1.807) is 19.1 Å². The van der Waals surface area contributed by atoms with Crippen LogP contribution < -0.4 is 5.32 Å². The molecule has 1 amide bonds. The van der Waals surface area contributed by atoms with Crippen molar-refractivity contribution in [1.82, 2.24) is 4.31 Å². The number of hydrogen-bond acceptors (Lipinski definition) is 5. The summed E-state index contributed by atoms with van der Waals surface area (Å²) >= 11 is 5.85. The first-order valence-corrected chi connectivity index (χ1v) is 10.8. The molecule has 2 aromatic carbocycles. The lowest BCUT2D eigenvalue weighted by molar-refractivity contribution is -0.119. The molecule has 0 unspecified atom stereocenters. The molecule has 1 fully saturated rings. The monoisotopic (exact) mass is 436 g/mol. The van der Waals surface area contributed by atoms with E-state index in [-0.39, 0.29) is 11.4 Å². The fourth-order valence-corrected chi connectivity index (χ4v) is 5.03. The third kappa shape index (κ3) is 4.44. The number of halogens is 1. The van der Waals surface area contributed by atoms with Crippen LogP contribution in [0.5, 0.6) is 0 Å². The van der Waals surface area contributed by atoms with Crippen LogP contribution in [0.4, 0.5) is 5.69 Å². The molecular formula is C20H21ClN2O5S. The zero-order valence-corrected chi connectivity index (χ0v) is 17.6. The maximum Gasteiger partial charge on any atom is 0.337 e. The van der Waals surface area contributed by atoms with Crippen LogP contribution in [0, 0.1) is 6.92 Å². The van der Waals surface area contributed by atoms with Crippen LogP contribution >= 0.6 is 11.6 Å². The van der Waals surface area contributed by atoms with Gasteiger partial charge in [-0.25, -0.2) is 13.2 Å². The Kier molecular flexibility index (Phi) is 6.26. The van der Waals surface area contributed by atoms with Gasteiger partial charge in [0.05, 0.1) is 17.6 Å². The number of nitrogens with zero attached hydrogens (tertiary/aromatic N) is 1. The van der Waals surface area contributed by atoms with Gasteiger partial charge in [-0.15, -0.1) is 0 Å². The Bertz CT molecular complexity index is 1040. The number of benzene rings is 2. The molecule has 0 spiro atoms. The molecular weight excluding hydrogens is 416 g/mol. The molecule has 1 heterocycles. The smallest absolute Gasteiger partial charge is 0.337 e. The molecule has 1 N–H and O–H groups in total. The van der Waals surface area contributed by atoms with E-state index in [0.29, 0.717) is 29.1 Å². The quantitative estimate of drug-likeness (QED) is 0.726. The van der Waals surface area contributed by atoms with Crippen molar-refractivity contribution in [1.29, 1.82) is 0 Å². The van der Waals surface area contributed by atoms with Crippen LogP contribution in [0.1, 0.15) is 28.8 Å². The predicted molar refractivity (Wildman–Crippen MR) is 110 cm³/mol. The number of carbonyl (C=O) groups is 2. The second-order valence-corrected chi connectivity index (χ2v) is 9.07. The van der Waals surface area contributed by atoms with Crippen molar-refractivity contribution in [2.24, 2.45) is 0 Å². The molecule has 0 aliphatic carbocycles. The van der Waals surface area contributed by atoms with Crippen molar-refractivity contribution in [3.63, 3.8) is 0 Å². The summed E-state index contributed by atoms with van der Waals surface area (Å²) < 4.78 is 31.9. The minimum absolute atomic E-state index is 0.0884. The van der Waals surface area contributed by atoms with Gasteiger partial charge in [-0.3, -0.25) is 4.79 Å². The average molecular weight is 437 g/mol. The van der Waals surface area contributed by atoms with Crippen LogP contribution in [0.2, 0.25) is 5.02 Å². The Morgan fingerprint density at radius 1 is 1.17 bits per heavy atom. The van der Waals surface area contributed by atoms with Gasteiger partial charge in [0.25, 0.3) is 0 Å². The maximum atomic E-state index is 13.0. The normalized spacial score (nSPS) is 17.1. The molecule has 1 aliphatic heterocycles. The van der Waals surface area contributed by atoms with E-state index in [4.69, 9.17) is 16.3 Å². The van der Waals surface area contributed by atoms with E-state index in [2.05, 4.69) is 5.32 Å². The Hall–Kier alpha value is -2.42. The first-order chi connectivity index (χ1) is 13.7. The first kappa shape index (κ1) is 21.3. The number of ether oxygens (including phenoxy) is 1. The lowest BCUT2D eigenvalue weighted by atomic mass is 10.1. The Morgan fingerprint density at radius 3 is 2.52 bits per heavy atom. The van der Waals surface area contributed by atoms with Gasteiger partial charge in [-0.1, -0.05) is 17.7 Å². The highest BCUT2D eigenvalue weighted by molar-refractivity contribution is 7.89. The van der Waals surface area contributed by atoms with Crippen molar-refractivity contribution < 1.29 is 22.7 Å². The Balaban J connectivity index is 1.84. The van der Waals surface area contributed by atoms with Crippen LogP contribution in [0.25, 0.3) is 0 Å². The molecule has 29 heavy (non-hydrogen) atoms. The van der Waals surface area contributed by atoms with E-state index in [1.807, 2.05) is 0 Å². The van der Waals surface area contributed by atoms with E-state index in [9.17, 15) is 18.0 Å². The summed E-state index contributed by atoms with van der Waals surface area (Å²) in [6.07, 6.45) is 0.987. The van der Waals surface area contributed by atoms with Crippen molar-refractivity contribution in [3.8, 4) is 0 Å². The standard InChI is InChI=1S/C20H21ClN2O5S/c1-13-5-6-14(20(25)28-2)12-17(13)22-19(24)18-4-3-11-23(18)29(26,27)16-9-7-15(21)8-10-16/h5-10,12,18H,3-4,11H2,1-2H3,(H,22,24)/t18-/m1/s1. The van der Waals surface area contributed by atoms with Gasteiger partial charge in [0.2, 0.25) is 15.9 Å². The topological polar surface area (TPSA) is 92.8 Å². The fourth-order valence-electron chi connectivity index (χ4n) is 3.25. The molecule has 1 aliphatic rings. The number of aryl methyl sites for hydroxylation is 1. The highest BCUT2D eigenvalue weighted by Crippen LogP contribution is 2.28. The van der Waals surface area contributed by atoms with Crippen LogP contribution in [0.15, 0.2) is 47.4 Å². The third-order valence-corrected chi connectivity index (χ3v) is 7.02. The van der Waals surface area contributed by atoms with Crippen LogP contribution in [-0.2, 0) is 19.6 Å². The molecule has 1 atom stereocenters. The SMILES string of the molecule is COC(=O)c1ccc(C)c(NC(=O)[C@H]2CCCN2S(=O)(=O)c2ccc(Cl)cc2)c1. The zero-order chi connectivity index (χ0) is 21.2. The van der Waals surface area contributed by atoms with E-state index in [1.165, 1.54) is 41.7 Å². The number of nitrogens with one attached hydrogen (secondary N) is 1. The molecule has 2 aromatic rings. The molecule has 0 aromatic heterocycles. The highest BCUT2D eigenvalue weighted by atomic mass is 35.5. The molecule has 3 rings (SSSR count). The van der Waals surface area contributed by atoms with Gasteiger partial charge >= 0.3 is 5.97 Å². The Morgan fingerprint density at radius 2 is 1.86 bits per heavy atom. The number of hydrogen-bond donors (Lipinski definition) is 1. The van der Waals surface area contributed by atoms with Gasteiger partial charge < -0.3 is 10.1 Å². The van der Waals surface area contributed by atoms with Crippen molar-refractivity contribution >= 4 is 39.2 Å². The number of carbonyl (C=O) groups excluding carboxylic acids is 2. The van der Waals surface area contributed by atoms with Gasteiger partial charge in [0.1, 0.15) is 6.04 Å². The summed E-state index contributed by atoms with van der Waals surface area (Å²) in [6, 6.07) is 9.83. The summed E-state index contributed by atoms with van der Waals surface area (Å²) in [4.78, 5) is 24.7. The largest absolute Gasteiger partial charge is 0.465 e. The first-order valence-electron chi connectivity index (χ1n) is 9.01. The summed E-state index contributed by atoms with van der Waals surface area (Å²) in [6.45, 7) is 2.04. The Labute approximate surface area is 174 Å². The predicted octanol–water partition coefficient (Wildman–Crippen LogP) is 3.23. The van der Waals surface area contributed by atoms with Gasteiger partial charge in [-0.2, -0.15) is 4.31 Å². The molecule has 1 saturated heterocycles. The molecule has 7 nitrogen and oxygen atoms in total.